The topological polar surface area (TPSA) is 97.3 Å². The Hall–Kier alpha value is -3.08. The van der Waals surface area contributed by atoms with E-state index in [2.05, 4.69) is 15.2 Å². The van der Waals surface area contributed by atoms with Crippen LogP contribution >= 0.6 is 11.3 Å². The van der Waals surface area contributed by atoms with E-state index < -0.39 is 9.84 Å². The van der Waals surface area contributed by atoms with Crippen molar-refractivity contribution in [3.8, 4) is 21.8 Å². The van der Waals surface area contributed by atoms with E-state index in [9.17, 15) is 8.42 Å². The highest BCUT2D eigenvalue weighted by molar-refractivity contribution is 7.90. The predicted octanol–water partition coefficient (Wildman–Crippen LogP) is 4.01. The van der Waals surface area contributed by atoms with Crippen LogP contribution in [-0.4, -0.2) is 63.0 Å². The van der Waals surface area contributed by atoms with Crippen molar-refractivity contribution in [2.45, 2.75) is 11.8 Å². The summed E-state index contributed by atoms with van der Waals surface area (Å²) in [5.41, 5.74) is 3.57. The molecule has 0 aliphatic carbocycles. The summed E-state index contributed by atoms with van der Waals surface area (Å²) in [6.45, 7) is 4.82. The zero-order chi connectivity index (χ0) is 23.9. The fourth-order valence-corrected chi connectivity index (χ4v) is 5.94. The van der Waals surface area contributed by atoms with Gasteiger partial charge in [0.2, 0.25) is 0 Å². The summed E-state index contributed by atoms with van der Waals surface area (Å²) >= 11 is 1.60. The Labute approximate surface area is 202 Å². The molecule has 1 fully saturated rings. The first-order valence-electron chi connectivity index (χ1n) is 10.9. The maximum Gasteiger partial charge on any atom is 0.175 e. The summed E-state index contributed by atoms with van der Waals surface area (Å²) in [6.07, 6.45) is 3.00. The van der Waals surface area contributed by atoms with Crippen LogP contribution in [0.15, 0.2) is 47.5 Å². The highest BCUT2D eigenvalue weighted by Crippen LogP contribution is 2.42. The number of anilines is 2. The molecule has 0 amide bonds. The van der Waals surface area contributed by atoms with Gasteiger partial charge in [-0.3, -0.25) is 0 Å². The number of hydrogen-bond donors (Lipinski definition) is 1. The van der Waals surface area contributed by atoms with Crippen molar-refractivity contribution in [3.05, 3.63) is 48.2 Å². The molecule has 1 aromatic carbocycles. The number of nitrogens with one attached hydrogen (secondary N) is 1. The third kappa shape index (κ3) is 4.24. The Bertz CT molecular complexity index is 1460. The Morgan fingerprint density at radius 1 is 1.09 bits per heavy atom. The molecule has 4 aromatic rings. The molecule has 0 unspecified atom stereocenters. The summed E-state index contributed by atoms with van der Waals surface area (Å²) in [5, 5.41) is 3.03. The second kappa shape index (κ2) is 8.94. The number of thiophene rings is 1. The molecule has 0 spiro atoms. The van der Waals surface area contributed by atoms with Crippen molar-refractivity contribution < 1.29 is 13.2 Å². The number of pyridine rings is 1. The minimum atomic E-state index is -3.31. The van der Waals surface area contributed by atoms with Gasteiger partial charge in [0.1, 0.15) is 5.82 Å². The van der Waals surface area contributed by atoms with Gasteiger partial charge in [0, 0.05) is 43.0 Å². The van der Waals surface area contributed by atoms with Crippen LogP contribution in [0.4, 0.5) is 11.6 Å². The number of benzene rings is 1. The Kier molecular flexibility index (Phi) is 5.97. The van der Waals surface area contributed by atoms with Crippen molar-refractivity contribution >= 4 is 43.0 Å². The van der Waals surface area contributed by atoms with Crippen LogP contribution in [0.3, 0.4) is 0 Å². The Morgan fingerprint density at radius 2 is 1.88 bits per heavy atom. The van der Waals surface area contributed by atoms with Crippen molar-refractivity contribution in [1.29, 1.82) is 0 Å². The zero-order valence-electron chi connectivity index (χ0n) is 19.2. The lowest BCUT2D eigenvalue weighted by molar-refractivity contribution is 0.122. The first-order chi connectivity index (χ1) is 16.3. The fraction of sp³-hybridized carbons (Fsp3) is 0.292. The summed E-state index contributed by atoms with van der Waals surface area (Å²) in [4.78, 5) is 17.9. The molecule has 5 rings (SSSR count). The van der Waals surface area contributed by atoms with Gasteiger partial charge in [0.25, 0.3) is 0 Å². The van der Waals surface area contributed by atoms with Gasteiger partial charge >= 0.3 is 0 Å². The summed E-state index contributed by atoms with van der Waals surface area (Å²) < 4.78 is 30.8. The lowest BCUT2D eigenvalue weighted by atomic mass is 10.1. The van der Waals surface area contributed by atoms with E-state index in [1.165, 1.54) is 6.26 Å². The molecule has 176 valence electrons. The summed E-state index contributed by atoms with van der Waals surface area (Å²) in [6, 6.07) is 10.9. The lowest BCUT2D eigenvalue weighted by Gasteiger charge is -2.28. The second-order valence-electron chi connectivity index (χ2n) is 8.19. The second-order valence-corrected chi connectivity index (χ2v) is 11.2. The number of hydrogen-bond acceptors (Lipinski definition) is 9. The maximum atomic E-state index is 12.1. The van der Waals surface area contributed by atoms with Gasteiger partial charge < -0.3 is 15.0 Å². The third-order valence-corrected chi connectivity index (χ3v) is 8.30. The van der Waals surface area contributed by atoms with Crippen LogP contribution < -0.4 is 10.2 Å². The van der Waals surface area contributed by atoms with Crippen LogP contribution in [-0.2, 0) is 14.6 Å². The van der Waals surface area contributed by atoms with Crippen LogP contribution in [0.2, 0.25) is 0 Å². The zero-order valence-corrected chi connectivity index (χ0v) is 20.8. The number of rotatable bonds is 5. The van der Waals surface area contributed by atoms with E-state index in [0.717, 1.165) is 56.5 Å². The van der Waals surface area contributed by atoms with E-state index in [0.29, 0.717) is 23.9 Å². The number of morpholine rings is 1. The molecule has 1 aliphatic rings. The van der Waals surface area contributed by atoms with Crippen LogP contribution in [0, 0.1) is 6.92 Å². The molecule has 3 aromatic heterocycles. The molecule has 1 aliphatic heterocycles. The monoisotopic (exact) mass is 495 g/mol. The lowest BCUT2D eigenvalue weighted by Crippen LogP contribution is -2.36. The van der Waals surface area contributed by atoms with Crippen molar-refractivity contribution in [2.24, 2.45) is 0 Å². The molecule has 10 heteroatoms. The molecule has 0 radical (unpaired) electrons. The van der Waals surface area contributed by atoms with Gasteiger partial charge in [-0.15, -0.1) is 11.3 Å². The highest BCUT2D eigenvalue weighted by atomic mass is 32.2. The molecule has 0 saturated carbocycles. The highest BCUT2D eigenvalue weighted by Gasteiger charge is 2.23. The molecule has 1 N–H and O–H groups in total. The summed E-state index contributed by atoms with van der Waals surface area (Å²) in [7, 11) is -1.48. The number of aryl methyl sites for hydroxylation is 1. The fourth-order valence-electron chi connectivity index (χ4n) is 4.01. The van der Waals surface area contributed by atoms with Gasteiger partial charge in [0.05, 0.1) is 28.3 Å². The van der Waals surface area contributed by atoms with Crippen molar-refractivity contribution in [1.82, 2.24) is 15.0 Å². The maximum absolute atomic E-state index is 12.1. The molecule has 8 nitrogen and oxygen atoms in total. The van der Waals surface area contributed by atoms with Crippen LogP contribution in [0.1, 0.15) is 5.56 Å². The Morgan fingerprint density at radius 3 is 2.56 bits per heavy atom. The molecule has 1 saturated heterocycles. The number of ether oxygens (including phenoxy) is 1. The van der Waals surface area contributed by atoms with Gasteiger partial charge in [-0.25, -0.2) is 23.4 Å². The average molecular weight is 496 g/mol. The molecular formula is C24H25N5O3S2. The van der Waals surface area contributed by atoms with E-state index in [1.54, 1.807) is 35.7 Å². The van der Waals surface area contributed by atoms with Crippen LogP contribution in [0.25, 0.3) is 32.0 Å². The summed E-state index contributed by atoms with van der Waals surface area (Å²) in [5.74, 6) is 2.26. The van der Waals surface area contributed by atoms with Crippen molar-refractivity contribution in [2.75, 3.05) is 49.8 Å². The number of nitrogens with zero attached hydrogens (tertiary/aromatic N) is 4. The standard InChI is InChI=1S/C24H25N5O3S2/c1-15-20-22(33-21(15)16-5-4-6-18(13-16)34(3,30)31)24(29-9-11-32-12-10-29)28-23(27-20)17-7-8-19(25-2)26-14-17/h4-8,13-14H,9-12H2,1-3H3,(H,25,26). The largest absolute Gasteiger partial charge is 0.378 e. The quantitative estimate of drug-likeness (QED) is 0.444. The van der Waals surface area contributed by atoms with E-state index in [1.807, 2.05) is 32.2 Å². The number of fused-ring (bicyclic) bond motifs is 1. The minimum Gasteiger partial charge on any atom is -0.378 e. The average Bonchev–Trinajstić information content (AvgIpc) is 3.20. The van der Waals surface area contributed by atoms with E-state index >= 15 is 0 Å². The van der Waals surface area contributed by atoms with Crippen molar-refractivity contribution in [3.63, 3.8) is 0 Å². The van der Waals surface area contributed by atoms with Gasteiger partial charge in [-0.1, -0.05) is 12.1 Å². The normalized spacial score (nSPS) is 14.5. The number of sulfone groups is 1. The Balaban J connectivity index is 1.71. The van der Waals surface area contributed by atoms with E-state index in [-0.39, 0.29) is 0 Å². The van der Waals surface area contributed by atoms with Gasteiger partial charge in [-0.2, -0.15) is 0 Å². The van der Waals surface area contributed by atoms with Gasteiger partial charge in [0.15, 0.2) is 21.5 Å². The molecule has 34 heavy (non-hydrogen) atoms. The third-order valence-electron chi connectivity index (χ3n) is 5.86. The van der Waals surface area contributed by atoms with Crippen LogP contribution in [0.5, 0.6) is 0 Å². The smallest absolute Gasteiger partial charge is 0.175 e. The first-order valence-corrected chi connectivity index (χ1v) is 13.6. The first kappa shape index (κ1) is 22.7. The number of aromatic nitrogens is 3. The van der Waals surface area contributed by atoms with E-state index in [4.69, 9.17) is 14.7 Å². The predicted molar refractivity (Wildman–Crippen MR) is 137 cm³/mol. The van der Waals surface area contributed by atoms with Gasteiger partial charge in [-0.05, 0) is 42.3 Å². The molecule has 4 heterocycles. The molecule has 0 bridgehead atoms. The minimum absolute atomic E-state index is 0.303. The SMILES string of the molecule is CNc1ccc(-c2nc(N3CCOCC3)c3sc(-c4cccc(S(C)(=O)=O)c4)c(C)c3n2)cn1. The molecule has 0 atom stereocenters. The molecular weight excluding hydrogens is 470 g/mol.